The number of ketones is 1. The molecule has 1 heterocycles. The lowest BCUT2D eigenvalue weighted by Crippen LogP contribution is -2.24. The molecule has 2 rings (SSSR count). The molecule has 0 amide bonds. The topological polar surface area (TPSA) is 56.5 Å². The zero-order chi connectivity index (χ0) is 14.7. The van der Waals surface area contributed by atoms with Gasteiger partial charge in [-0.2, -0.15) is 0 Å². The van der Waals surface area contributed by atoms with Crippen LogP contribution in [-0.4, -0.2) is 17.9 Å². The monoisotopic (exact) mass is 292 g/mol. The van der Waals surface area contributed by atoms with Crippen LogP contribution in [-0.2, 0) is 4.74 Å². The second-order valence-electron chi connectivity index (χ2n) is 4.33. The first-order chi connectivity index (χ1) is 9.47. The van der Waals surface area contributed by atoms with E-state index in [4.69, 9.17) is 20.8 Å². The van der Waals surface area contributed by atoms with Crippen molar-refractivity contribution >= 4 is 23.4 Å². The maximum atomic E-state index is 12.1. The molecule has 0 bridgehead atoms. The van der Waals surface area contributed by atoms with Gasteiger partial charge >= 0.3 is 5.97 Å². The molecule has 20 heavy (non-hydrogen) atoms. The van der Waals surface area contributed by atoms with Gasteiger partial charge in [0, 0.05) is 10.6 Å². The van der Waals surface area contributed by atoms with Crippen LogP contribution in [0.3, 0.4) is 0 Å². The van der Waals surface area contributed by atoms with Gasteiger partial charge in [-0.05, 0) is 50.2 Å². The van der Waals surface area contributed by atoms with Crippen LogP contribution in [0, 0.1) is 6.92 Å². The lowest BCUT2D eigenvalue weighted by atomic mass is 10.1. The summed E-state index contributed by atoms with van der Waals surface area (Å²) in [4.78, 5) is 23.8. The Morgan fingerprint density at radius 2 is 1.80 bits per heavy atom. The Kier molecular flexibility index (Phi) is 4.25. The number of Topliss-reactive ketones (excluding diaryl/α,β-unsaturated/α-hetero) is 1. The fraction of sp³-hybridized carbons (Fsp3) is 0.200. The van der Waals surface area contributed by atoms with Gasteiger partial charge in [0.25, 0.3) is 0 Å². The van der Waals surface area contributed by atoms with E-state index in [1.54, 1.807) is 37.3 Å². The Morgan fingerprint density at radius 3 is 2.35 bits per heavy atom. The molecule has 1 aromatic carbocycles. The third-order valence-electron chi connectivity index (χ3n) is 2.72. The molecule has 0 fully saturated rings. The first kappa shape index (κ1) is 14.3. The minimum atomic E-state index is -0.894. The molecule has 4 nitrogen and oxygen atoms in total. The molecule has 0 unspecified atom stereocenters. The smallest absolute Gasteiger partial charge is 0.374 e. The van der Waals surface area contributed by atoms with E-state index in [9.17, 15) is 9.59 Å². The van der Waals surface area contributed by atoms with Crippen molar-refractivity contribution < 1.29 is 18.7 Å². The number of halogens is 1. The molecular formula is C15H13ClO4. The third kappa shape index (κ3) is 3.27. The normalized spacial score (nSPS) is 11.9. The Balaban J connectivity index is 2.04. The SMILES string of the molecule is Cc1ccc(C(=O)O[C@H](C)C(=O)c2ccc(Cl)cc2)o1. The Hall–Kier alpha value is -2.07. The van der Waals surface area contributed by atoms with Crippen LogP contribution in [0.2, 0.25) is 5.02 Å². The average Bonchev–Trinajstić information content (AvgIpc) is 2.85. The second-order valence-corrected chi connectivity index (χ2v) is 4.77. The molecule has 0 radical (unpaired) electrons. The summed E-state index contributed by atoms with van der Waals surface area (Å²) < 4.78 is 10.2. The summed E-state index contributed by atoms with van der Waals surface area (Å²) in [7, 11) is 0. The number of ether oxygens (including phenoxy) is 1. The number of hydrogen-bond donors (Lipinski definition) is 0. The summed E-state index contributed by atoms with van der Waals surface area (Å²) in [6, 6.07) is 9.57. The highest BCUT2D eigenvalue weighted by molar-refractivity contribution is 6.30. The fourth-order valence-corrected chi connectivity index (χ4v) is 1.79. The van der Waals surface area contributed by atoms with E-state index in [1.165, 1.54) is 13.0 Å². The predicted octanol–water partition coefficient (Wildman–Crippen LogP) is 3.67. The van der Waals surface area contributed by atoms with Crippen LogP contribution in [0.1, 0.15) is 33.6 Å². The molecule has 0 aliphatic heterocycles. The van der Waals surface area contributed by atoms with Gasteiger partial charge in [0.1, 0.15) is 5.76 Å². The summed E-state index contributed by atoms with van der Waals surface area (Å²) in [5.41, 5.74) is 0.435. The van der Waals surface area contributed by atoms with Crippen molar-refractivity contribution in [2.75, 3.05) is 0 Å². The number of furan rings is 1. The fourth-order valence-electron chi connectivity index (χ4n) is 1.67. The molecule has 0 N–H and O–H groups in total. The lowest BCUT2D eigenvalue weighted by Gasteiger charge is -2.11. The number of carbonyl (C=O) groups excluding carboxylic acids is 2. The molecule has 0 spiro atoms. The first-order valence-electron chi connectivity index (χ1n) is 6.04. The van der Waals surface area contributed by atoms with Crippen molar-refractivity contribution in [1.82, 2.24) is 0 Å². The van der Waals surface area contributed by atoms with Crippen LogP contribution in [0.4, 0.5) is 0 Å². The maximum Gasteiger partial charge on any atom is 0.374 e. The zero-order valence-corrected chi connectivity index (χ0v) is 11.8. The van der Waals surface area contributed by atoms with Gasteiger partial charge in [-0.1, -0.05) is 11.6 Å². The Bertz CT molecular complexity index is 628. The van der Waals surface area contributed by atoms with Gasteiger partial charge in [0.15, 0.2) is 6.10 Å². The average molecular weight is 293 g/mol. The highest BCUT2D eigenvalue weighted by atomic mass is 35.5. The number of esters is 1. The maximum absolute atomic E-state index is 12.1. The molecule has 0 saturated heterocycles. The Morgan fingerprint density at radius 1 is 1.15 bits per heavy atom. The molecule has 2 aromatic rings. The van der Waals surface area contributed by atoms with Crippen LogP contribution >= 0.6 is 11.6 Å². The van der Waals surface area contributed by atoms with Crippen molar-refractivity contribution in [2.45, 2.75) is 20.0 Å². The summed E-state index contributed by atoms with van der Waals surface area (Å²) in [5.74, 6) is -0.266. The predicted molar refractivity (Wildman–Crippen MR) is 74.1 cm³/mol. The summed E-state index contributed by atoms with van der Waals surface area (Å²) >= 11 is 5.75. The first-order valence-corrected chi connectivity index (χ1v) is 6.42. The van der Waals surface area contributed by atoms with Crippen molar-refractivity contribution in [2.24, 2.45) is 0 Å². The number of aryl methyl sites for hydroxylation is 1. The molecule has 0 aliphatic carbocycles. The van der Waals surface area contributed by atoms with Crippen LogP contribution in [0.15, 0.2) is 40.8 Å². The van der Waals surface area contributed by atoms with E-state index in [0.29, 0.717) is 16.3 Å². The number of carbonyl (C=O) groups is 2. The van der Waals surface area contributed by atoms with Crippen LogP contribution in [0.5, 0.6) is 0 Å². The minimum Gasteiger partial charge on any atom is -0.454 e. The summed E-state index contributed by atoms with van der Waals surface area (Å²) in [5, 5.41) is 0.539. The number of benzene rings is 1. The van der Waals surface area contributed by atoms with Crippen molar-refractivity contribution in [1.29, 1.82) is 0 Å². The standard InChI is InChI=1S/C15H13ClO4/c1-9-3-8-13(19-9)15(18)20-10(2)14(17)11-4-6-12(16)7-5-11/h3-8,10H,1-2H3/t10-/m1/s1. The molecule has 104 valence electrons. The quantitative estimate of drug-likeness (QED) is 0.637. The van der Waals surface area contributed by atoms with Crippen molar-refractivity contribution in [3.8, 4) is 0 Å². The minimum absolute atomic E-state index is 0.0817. The van der Waals surface area contributed by atoms with Gasteiger partial charge in [0.05, 0.1) is 0 Å². The summed E-state index contributed by atoms with van der Waals surface area (Å²) in [6.07, 6.45) is -0.894. The highest BCUT2D eigenvalue weighted by Gasteiger charge is 2.21. The molecule has 0 saturated carbocycles. The van der Waals surface area contributed by atoms with Gasteiger partial charge in [-0.25, -0.2) is 4.79 Å². The van der Waals surface area contributed by atoms with Gasteiger partial charge in [-0.15, -0.1) is 0 Å². The van der Waals surface area contributed by atoms with E-state index in [-0.39, 0.29) is 11.5 Å². The van der Waals surface area contributed by atoms with Crippen molar-refractivity contribution in [3.05, 3.63) is 58.5 Å². The summed E-state index contributed by atoms with van der Waals surface area (Å²) in [6.45, 7) is 3.24. The zero-order valence-electron chi connectivity index (χ0n) is 11.1. The van der Waals surface area contributed by atoms with E-state index in [1.807, 2.05) is 0 Å². The van der Waals surface area contributed by atoms with E-state index < -0.39 is 12.1 Å². The van der Waals surface area contributed by atoms with Gasteiger partial charge in [-0.3, -0.25) is 4.79 Å². The van der Waals surface area contributed by atoms with E-state index in [2.05, 4.69) is 0 Å². The molecule has 5 heteroatoms. The van der Waals surface area contributed by atoms with Gasteiger partial charge in [0.2, 0.25) is 11.5 Å². The second kappa shape index (κ2) is 5.92. The van der Waals surface area contributed by atoms with Crippen molar-refractivity contribution in [3.63, 3.8) is 0 Å². The van der Waals surface area contributed by atoms with E-state index >= 15 is 0 Å². The number of rotatable bonds is 4. The van der Waals surface area contributed by atoms with E-state index in [0.717, 1.165) is 0 Å². The molecule has 1 atom stereocenters. The van der Waals surface area contributed by atoms with Crippen LogP contribution in [0.25, 0.3) is 0 Å². The molecule has 0 aliphatic rings. The Labute approximate surface area is 121 Å². The third-order valence-corrected chi connectivity index (χ3v) is 2.98. The molecular weight excluding hydrogens is 280 g/mol. The largest absolute Gasteiger partial charge is 0.454 e. The lowest BCUT2D eigenvalue weighted by molar-refractivity contribution is 0.0288. The molecule has 1 aromatic heterocycles. The number of hydrogen-bond acceptors (Lipinski definition) is 4. The van der Waals surface area contributed by atoms with Gasteiger partial charge < -0.3 is 9.15 Å². The highest BCUT2D eigenvalue weighted by Crippen LogP contribution is 2.14. The van der Waals surface area contributed by atoms with Crippen LogP contribution < -0.4 is 0 Å².